The number of carbonyl (C=O) groups is 1. The Labute approximate surface area is 120 Å². The molecule has 0 aliphatic carbocycles. The number of aryl methyl sites for hydroxylation is 1. The van der Waals surface area contributed by atoms with Crippen molar-refractivity contribution in [3.05, 3.63) is 11.9 Å². The first-order chi connectivity index (χ1) is 9.60. The van der Waals surface area contributed by atoms with Gasteiger partial charge in [0.2, 0.25) is 5.91 Å². The highest BCUT2D eigenvalue weighted by molar-refractivity contribution is 5.81. The second-order valence-corrected chi connectivity index (χ2v) is 5.18. The van der Waals surface area contributed by atoms with Crippen molar-refractivity contribution in [3.63, 3.8) is 0 Å². The van der Waals surface area contributed by atoms with Gasteiger partial charge in [-0.2, -0.15) is 0 Å². The van der Waals surface area contributed by atoms with Gasteiger partial charge in [0, 0.05) is 32.7 Å². The molecule has 1 N–H and O–H groups in total. The molecular formula is C14H23N5O. The van der Waals surface area contributed by atoms with Gasteiger partial charge in [0.05, 0.1) is 6.54 Å². The molecule has 0 radical (unpaired) electrons. The molecule has 1 amide bonds. The van der Waals surface area contributed by atoms with Crippen LogP contribution in [-0.2, 0) is 4.79 Å². The Morgan fingerprint density at radius 1 is 1.35 bits per heavy atom. The van der Waals surface area contributed by atoms with Crippen LogP contribution in [0.4, 0.5) is 11.6 Å². The van der Waals surface area contributed by atoms with Gasteiger partial charge in [0.15, 0.2) is 0 Å². The van der Waals surface area contributed by atoms with Gasteiger partial charge in [-0.3, -0.25) is 4.79 Å². The van der Waals surface area contributed by atoms with Gasteiger partial charge < -0.3 is 15.1 Å². The molecule has 0 spiro atoms. The fraction of sp³-hybridized carbons (Fsp3) is 0.643. The Balaban J connectivity index is 2.18. The minimum Gasteiger partial charge on any atom is -0.370 e. The highest BCUT2D eigenvalue weighted by Crippen LogP contribution is 2.18. The lowest BCUT2D eigenvalue weighted by atomic mass is 10.3. The fourth-order valence-corrected chi connectivity index (χ4v) is 2.24. The van der Waals surface area contributed by atoms with Crippen LogP contribution in [-0.4, -0.2) is 54.0 Å². The van der Waals surface area contributed by atoms with E-state index in [9.17, 15) is 4.79 Å². The molecular weight excluding hydrogens is 254 g/mol. The molecule has 2 rings (SSSR count). The molecule has 1 saturated heterocycles. The Hall–Kier alpha value is -1.85. The predicted octanol–water partition coefficient (Wildman–Crippen LogP) is 1.28. The number of anilines is 2. The summed E-state index contributed by atoms with van der Waals surface area (Å²) in [7, 11) is 1.85. The van der Waals surface area contributed by atoms with Crippen LogP contribution in [0.1, 0.15) is 25.6 Å². The van der Waals surface area contributed by atoms with Crippen molar-refractivity contribution < 1.29 is 4.79 Å². The lowest BCUT2D eigenvalue weighted by Crippen LogP contribution is -2.34. The summed E-state index contributed by atoms with van der Waals surface area (Å²) in [5.74, 6) is 2.53. The highest BCUT2D eigenvalue weighted by atomic mass is 16.2. The summed E-state index contributed by atoms with van der Waals surface area (Å²) < 4.78 is 0. The van der Waals surface area contributed by atoms with E-state index in [0.29, 0.717) is 6.54 Å². The number of nitrogens with zero attached hydrogens (tertiary/aromatic N) is 4. The molecule has 1 aliphatic rings. The van der Waals surface area contributed by atoms with Crippen LogP contribution in [0, 0.1) is 6.92 Å². The molecule has 1 fully saturated rings. The van der Waals surface area contributed by atoms with Crippen molar-refractivity contribution in [3.8, 4) is 0 Å². The number of amides is 1. The van der Waals surface area contributed by atoms with E-state index < -0.39 is 0 Å². The lowest BCUT2D eigenvalue weighted by molar-refractivity contribution is -0.127. The van der Waals surface area contributed by atoms with Crippen LogP contribution in [0.2, 0.25) is 0 Å². The zero-order chi connectivity index (χ0) is 14.5. The molecule has 1 aromatic heterocycles. The number of carbonyl (C=O) groups excluding carboxylic acids is 1. The van der Waals surface area contributed by atoms with Crippen LogP contribution in [0.25, 0.3) is 0 Å². The molecule has 0 bridgehead atoms. The summed E-state index contributed by atoms with van der Waals surface area (Å²) in [6, 6.07) is 1.93. The van der Waals surface area contributed by atoms with Gasteiger partial charge in [0.1, 0.15) is 17.5 Å². The molecule has 110 valence electrons. The van der Waals surface area contributed by atoms with Crippen molar-refractivity contribution in [2.45, 2.75) is 26.7 Å². The maximum absolute atomic E-state index is 12.0. The molecule has 0 atom stereocenters. The lowest BCUT2D eigenvalue weighted by Gasteiger charge is -2.21. The average molecular weight is 277 g/mol. The van der Waals surface area contributed by atoms with Crippen LogP contribution in [0.5, 0.6) is 0 Å². The normalized spacial score (nSPS) is 16.2. The van der Waals surface area contributed by atoms with E-state index in [-0.39, 0.29) is 5.91 Å². The molecule has 2 heterocycles. The summed E-state index contributed by atoms with van der Waals surface area (Å²) >= 11 is 0. The molecule has 1 aliphatic heterocycles. The molecule has 1 aromatic rings. The Kier molecular flexibility index (Phi) is 4.76. The van der Waals surface area contributed by atoms with Gasteiger partial charge in [-0.05, 0) is 19.8 Å². The number of nitrogens with one attached hydrogen (secondary N) is 1. The maximum Gasteiger partial charge on any atom is 0.241 e. The van der Waals surface area contributed by atoms with E-state index in [0.717, 1.165) is 49.9 Å². The molecule has 20 heavy (non-hydrogen) atoms. The summed E-state index contributed by atoms with van der Waals surface area (Å²) in [4.78, 5) is 24.6. The molecule has 6 heteroatoms. The van der Waals surface area contributed by atoms with Gasteiger partial charge >= 0.3 is 0 Å². The van der Waals surface area contributed by atoms with E-state index in [2.05, 4.69) is 22.2 Å². The number of likely N-dealkylation sites (N-methyl/N-ethyl adjacent to an activating group) is 1. The number of rotatable bonds is 4. The maximum atomic E-state index is 12.0. The fourth-order valence-electron chi connectivity index (χ4n) is 2.24. The second kappa shape index (κ2) is 6.54. The Morgan fingerprint density at radius 3 is 2.90 bits per heavy atom. The van der Waals surface area contributed by atoms with Crippen LogP contribution in [0.15, 0.2) is 6.07 Å². The third kappa shape index (κ3) is 3.59. The predicted molar refractivity (Wildman–Crippen MR) is 80.0 cm³/mol. The monoisotopic (exact) mass is 277 g/mol. The third-order valence-electron chi connectivity index (χ3n) is 3.38. The third-order valence-corrected chi connectivity index (χ3v) is 3.38. The van der Waals surface area contributed by atoms with Crippen molar-refractivity contribution in [2.24, 2.45) is 0 Å². The minimum absolute atomic E-state index is 0.141. The van der Waals surface area contributed by atoms with Crippen molar-refractivity contribution in [2.75, 3.05) is 43.4 Å². The van der Waals surface area contributed by atoms with Crippen LogP contribution >= 0.6 is 0 Å². The molecule has 6 nitrogen and oxygen atoms in total. The first-order valence-corrected chi connectivity index (χ1v) is 7.18. The number of hydrogen-bond acceptors (Lipinski definition) is 5. The highest BCUT2D eigenvalue weighted by Gasteiger charge is 2.20. The summed E-state index contributed by atoms with van der Waals surface area (Å²) in [5.41, 5.74) is 0. The quantitative estimate of drug-likeness (QED) is 0.898. The van der Waals surface area contributed by atoms with Crippen molar-refractivity contribution in [1.29, 1.82) is 0 Å². The smallest absolute Gasteiger partial charge is 0.241 e. The SMILES string of the molecule is CCCNc1cc(N2CCCN(C)C(=O)C2)nc(C)n1. The van der Waals surface area contributed by atoms with Gasteiger partial charge in [-0.25, -0.2) is 9.97 Å². The van der Waals surface area contributed by atoms with E-state index in [1.807, 2.05) is 24.9 Å². The summed E-state index contributed by atoms with van der Waals surface area (Å²) in [6.07, 6.45) is 2.01. The molecule has 0 aromatic carbocycles. The average Bonchev–Trinajstić information content (AvgIpc) is 2.58. The number of aromatic nitrogens is 2. The zero-order valence-corrected chi connectivity index (χ0v) is 12.5. The van der Waals surface area contributed by atoms with Crippen molar-refractivity contribution in [1.82, 2.24) is 14.9 Å². The summed E-state index contributed by atoms with van der Waals surface area (Å²) in [5, 5.41) is 3.28. The van der Waals surface area contributed by atoms with E-state index >= 15 is 0 Å². The van der Waals surface area contributed by atoms with Crippen LogP contribution in [0.3, 0.4) is 0 Å². The zero-order valence-electron chi connectivity index (χ0n) is 12.5. The van der Waals surface area contributed by atoms with Crippen molar-refractivity contribution >= 4 is 17.5 Å². The second-order valence-electron chi connectivity index (χ2n) is 5.18. The molecule has 0 saturated carbocycles. The Morgan fingerprint density at radius 2 is 2.15 bits per heavy atom. The Bertz CT molecular complexity index is 477. The largest absolute Gasteiger partial charge is 0.370 e. The number of hydrogen-bond donors (Lipinski definition) is 1. The van der Waals surface area contributed by atoms with E-state index in [1.54, 1.807) is 4.90 Å². The summed E-state index contributed by atoms with van der Waals surface area (Å²) in [6.45, 7) is 6.93. The standard InChI is InChI=1S/C14H23N5O/c1-4-6-15-12-9-13(17-11(2)16-12)19-8-5-7-18(3)14(20)10-19/h9H,4-8,10H2,1-3H3,(H,15,16,17). The first-order valence-electron chi connectivity index (χ1n) is 7.18. The minimum atomic E-state index is 0.141. The van der Waals surface area contributed by atoms with Gasteiger partial charge in [-0.1, -0.05) is 6.92 Å². The first kappa shape index (κ1) is 14.6. The molecule has 0 unspecified atom stereocenters. The van der Waals surface area contributed by atoms with Crippen LogP contribution < -0.4 is 10.2 Å². The van der Waals surface area contributed by atoms with E-state index in [4.69, 9.17) is 0 Å². The van der Waals surface area contributed by atoms with E-state index in [1.165, 1.54) is 0 Å². The van der Waals surface area contributed by atoms with Gasteiger partial charge in [0.25, 0.3) is 0 Å². The topological polar surface area (TPSA) is 61.4 Å². The van der Waals surface area contributed by atoms with Gasteiger partial charge in [-0.15, -0.1) is 0 Å².